The normalized spacial score (nSPS) is 12.2. The maximum Gasteiger partial charge on any atom is 0.324 e. The fourth-order valence-corrected chi connectivity index (χ4v) is 3.24. The van der Waals surface area contributed by atoms with Crippen molar-refractivity contribution in [3.63, 3.8) is 0 Å². The minimum Gasteiger partial charge on any atom is -0.460 e. The van der Waals surface area contributed by atoms with Crippen LogP contribution in [0.5, 0.6) is 0 Å². The molecule has 0 aliphatic carbocycles. The first-order valence-corrected chi connectivity index (χ1v) is 9.11. The number of benzene rings is 2. The average molecular weight is 379 g/mol. The standard InChI is InChI=1S/C17H15ClN2O4S/c1-12(20-25(22,23)16-8-6-15(18)7-9-16)17(21)24-11-14-4-2-13(10-19)3-5-14/h2-9,12,20H,11H2,1H3/t12-/m0/s1. The molecule has 0 radical (unpaired) electrons. The van der Waals surface area contributed by atoms with Gasteiger partial charge in [0.1, 0.15) is 12.6 Å². The lowest BCUT2D eigenvalue weighted by Crippen LogP contribution is -2.39. The van der Waals surface area contributed by atoms with Crippen LogP contribution in [0.25, 0.3) is 0 Å². The third-order valence-corrected chi connectivity index (χ3v) is 5.08. The zero-order valence-corrected chi connectivity index (χ0v) is 14.8. The number of hydrogen-bond donors (Lipinski definition) is 1. The Morgan fingerprint density at radius 1 is 1.20 bits per heavy atom. The van der Waals surface area contributed by atoms with Crippen LogP contribution in [-0.4, -0.2) is 20.4 Å². The first-order chi connectivity index (χ1) is 11.8. The van der Waals surface area contributed by atoms with Crippen LogP contribution in [0.4, 0.5) is 0 Å². The quantitative estimate of drug-likeness (QED) is 0.779. The summed E-state index contributed by atoms with van der Waals surface area (Å²) in [5.74, 6) is -0.707. The topological polar surface area (TPSA) is 96.3 Å². The summed E-state index contributed by atoms with van der Waals surface area (Å²) in [6.07, 6.45) is 0. The minimum absolute atomic E-state index is 0.00337. The predicted molar refractivity (Wildman–Crippen MR) is 92.2 cm³/mol. The number of carbonyl (C=O) groups is 1. The maximum atomic E-state index is 12.2. The summed E-state index contributed by atoms with van der Waals surface area (Å²) >= 11 is 5.73. The van der Waals surface area contributed by atoms with Gasteiger partial charge in [0.2, 0.25) is 10.0 Å². The van der Waals surface area contributed by atoms with Crippen molar-refractivity contribution >= 4 is 27.6 Å². The molecule has 0 spiro atoms. The summed E-state index contributed by atoms with van der Waals surface area (Å²) in [7, 11) is -3.86. The molecular formula is C17H15ClN2O4S. The van der Waals surface area contributed by atoms with E-state index in [4.69, 9.17) is 21.6 Å². The van der Waals surface area contributed by atoms with Crippen molar-refractivity contribution in [1.29, 1.82) is 5.26 Å². The molecule has 2 rings (SSSR count). The van der Waals surface area contributed by atoms with Crippen LogP contribution in [0.15, 0.2) is 53.4 Å². The molecule has 0 aliphatic rings. The highest BCUT2D eigenvalue weighted by Gasteiger charge is 2.23. The van der Waals surface area contributed by atoms with Crippen LogP contribution in [0, 0.1) is 11.3 Å². The largest absolute Gasteiger partial charge is 0.460 e. The third kappa shape index (κ3) is 5.29. The summed E-state index contributed by atoms with van der Waals surface area (Å²) in [5, 5.41) is 9.14. The van der Waals surface area contributed by atoms with Crippen molar-refractivity contribution in [2.24, 2.45) is 0 Å². The smallest absolute Gasteiger partial charge is 0.324 e. The van der Waals surface area contributed by atoms with Crippen LogP contribution < -0.4 is 4.72 Å². The van der Waals surface area contributed by atoms with E-state index in [0.29, 0.717) is 16.1 Å². The Morgan fingerprint density at radius 2 is 1.80 bits per heavy atom. The molecular weight excluding hydrogens is 364 g/mol. The van der Waals surface area contributed by atoms with E-state index in [1.165, 1.54) is 31.2 Å². The Balaban J connectivity index is 1.95. The van der Waals surface area contributed by atoms with Crippen LogP contribution in [0.1, 0.15) is 18.1 Å². The molecule has 0 aromatic heterocycles. The zero-order chi connectivity index (χ0) is 18.4. The molecule has 2 aromatic carbocycles. The molecule has 0 saturated carbocycles. The molecule has 0 bridgehead atoms. The number of nitrogens with zero attached hydrogens (tertiary/aromatic N) is 1. The minimum atomic E-state index is -3.86. The number of halogens is 1. The SMILES string of the molecule is C[C@H](NS(=O)(=O)c1ccc(Cl)cc1)C(=O)OCc1ccc(C#N)cc1. The molecule has 2 aromatic rings. The molecule has 0 saturated heterocycles. The van der Waals surface area contributed by atoms with Gasteiger partial charge in [-0.05, 0) is 48.9 Å². The van der Waals surface area contributed by atoms with Gasteiger partial charge in [0.15, 0.2) is 0 Å². The van der Waals surface area contributed by atoms with E-state index in [2.05, 4.69) is 4.72 Å². The maximum absolute atomic E-state index is 12.2. The molecule has 1 atom stereocenters. The Kier molecular flexibility index (Phi) is 6.15. The number of esters is 1. The zero-order valence-electron chi connectivity index (χ0n) is 13.3. The van der Waals surface area contributed by atoms with Gasteiger partial charge in [-0.2, -0.15) is 9.98 Å². The van der Waals surface area contributed by atoms with E-state index in [0.717, 1.165) is 0 Å². The first kappa shape index (κ1) is 18.9. The monoisotopic (exact) mass is 378 g/mol. The van der Waals surface area contributed by atoms with E-state index in [-0.39, 0.29) is 11.5 Å². The van der Waals surface area contributed by atoms with E-state index in [1.807, 2.05) is 6.07 Å². The third-order valence-electron chi connectivity index (χ3n) is 3.27. The molecule has 0 fully saturated rings. The number of nitrogens with one attached hydrogen (secondary N) is 1. The highest BCUT2D eigenvalue weighted by atomic mass is 35.5. The van der Waals surface area contributed by atoms with Gasteiger partial charge in [0.25, 0.3) is 0 Å². The Bertz CT molecular complexity index is 888. The van der Waals surface area contributed by atoms with E-state index >= 15 is 0 Å². The second-order valence-corrected chi connectivity index (χ2v) is 7.36. The van der Waals surface area contributed by atoms with Gasteiger partial charge in [-0.15, -0.1) is 0 Å². The fourth-order valence-electron chi connectivity index (χ4n) is 1.92. The number of carbonyl (C=O) groups excluding carboxylic acids is 1. The van der Waals surface area contributed by atoms with Gasteiger partial charge in [-0.3, -0.25) is 4.79 Å². The molecule has 0 unspecified atom stereocenters. The molecule has 6 nitrogen and oxygen atoms in total. The van der Waals surface area contributed by atoms with Gasteiger partial charge in [0, 0.05) is 5.02 Å². The lowest BCUT2D eigenvalue weighted by Gasteiger charge is -2.14. The molecule has 0 amide bonds. The van der Waals surface area contributed by atoms with Crippen molar-refractivity contribution in [1.82, 2.24) is 4.72 Å². The van der Waals surface area contributed by atoms with E-state index < -0.39 is 22.0 Å². The fraction of sp³-hybridized carbons (Fsp3) is 0.176. The van der Waals surface area contributed by atoms with Crippen LogP contribution in [0.3, 0.4) is 0 Å². The van der Waals surface area contributed by atoms with Crippen LogP contribution in [-0.2, 0) is 26.2 Å². The molecule has 25 heavy (non-hydrogen) atoms. The van der Waals surface area contributed by atoms with E-state index in [9.17, 15) is 13.2 Å². The van der Waals surface area contributed by atoms with E-state index in [1.54, 1.807) is 24.3 Å². The van der Waals surface area contributed by atoms with Gasteiger partial charge in [-0.1, -0.05) is 23.7 Å². The second kappa shape index (κ2) is 8.12. The summed E-state index contributed by atoms with van der Waals surface area (Å²) in [6.45, 7) is 1.38. The predicted octanol–water partition coefficient (Wildman–Crippen LogP) is 2.62. The van der Waals surface area contributed by atoms with Crippen LogP contribution >= 0.6 is 11.6 Å². The number of rotatable bonds is 6. The van der Waals surface area contributed by atoms with Crippen molar-refractivity contribution in [2.45, 2.75) is 24.5 Å². The number of nitriles is 1. The summed E-state index contributed by atoms with van der Waals surface area (Å²) in [5.41, 5.74) is 1.19. The number of ether oxygens (including phenoxy) is 1. The summed E-state index contributed by atoms with van der Waals surface area (Å²) < 4.78 is 31.8. The van der Waals surface area contributed by atoms with Crippen molar-refractivity contribution in [3.8, 4) is 6.07 Å². The highest BCUT2D eigenvalue weighted by Crippen LogP contribution is 2.14. The lowest BCUT2D eigenvalue weighted by molar-refractivity contribution is -0.146. The Morgan fingerprint density at radius 3 is 2.36 bits per heavy atom. The Hall–Kier alpha value is -2.40. The summed E-state index contributed by atoms with van der Waals surface area (Å²) in [6, 6.07) is 13.1. The number of hydrogen-bond acceptors (Lipinski definition) is 5. The highest BCUT2D eigenvalue weighted by molar-refractivity contribution is 7.89. The first-order valence-electron chi connectivity index (χ1n) is 7.25. The molecule has 0 heterocycles. The molecule has 8 heteroatoms. The second-order valence-electron chi connectivity index (χ2n) is 5.21. The van der Waals surface area contributed by atoms with Gasteiger partial charge < -0.3 is 4.74 Å². The average Bonchev–Trinajstić information content (AvgIpc) is 2.60. The van der Waals surface area contributed by atoms with Crippen molar-refractivity contribution in [3.05, 3.63) is 64.7 Å². The summed E-state index contributed by atoms with van der Waals surface area (Å²) in [4.78, 5) is 12.0. The van der Waals surface area contributed by atoms with Crippen molar-refractivity contribution < 1.29 is 17.9 Å². The van der Waals surface area contributed by atoms with Gasteiger partial charge >= 0.3 is 5.97 Å². The Labute approximate surface area is 151 Å². The number of sulfonamides is 1. The van der Waals surface area contributed by atoms with Crippen molar-refractivity contribution in [2.75, 3.05) is 0 Å². The van der Waals surface area contributed by atoms with Gasteiger partial charge in [-0.25, -0.2) is 8.42 Å². The lowest BCUT2D eigenvalue weighted by atomic mass is 10.2. The molecule has 1 N–H and O–H groups in total. The molecule has 0 aliphatic heterocycles. The van der Waals surface area contributed by atoms with Crippen LogP contribution in [0.2, 0.25) is 5.02 Å². The van der Waals surface area contributed by atoms with Gasteiger partial charge in [0.05, 0.1) is 16.5 Å². The molecule has 130 valence electrons.